The van der Waals surface area contributed by atoms with Crippen molar-refractivity contribution in [3.63, 3.8) is 0 Å². The molecule has 0 aromatic heterocycles. The summed E-state index contributed by atoms with van der Waals surface area (Å²) < 4.78 is 0. The van der Waals surface area contributed by atoms with Crippen LogP contribution < -0.4 is 0 Å². The molecular formula is C18H20Cl2N2O. The summed E-state index contributed by atoms with van der Waals surface area (Å²) in [5, 5.41) is 5.69. The number of hydrogen-bond donors (Lipinski definition) is 0. The van der Waals surface area contributed by atoms with Gasteiger partial charge in [-0.25, -0.2) is 0 Å². The molecule has 0 spiro atoms. The van der Waals surface area contributed by atoms with E-state index in [4.69, 9.17) is 28.0 Å². The third-order valence-corrected chi connectivity index (χ3v) is 6.28. The normalized spacial score (nSPS) is 36.4. The number of nitrogens with zero attached hydrogens (tertiary/aromatic N) is 2. The Balaban J connectivity index is 1.67. The number of piperidine rings is 1. The van der Waals surface area contributed by atoms with Crippen LogP contribution >= 0.6 is 23.2 Å². The molecule has 5 atom stereocenters. The van der Waals surface area contributed by atoms with Crippen molar-refractivity contribution >= 4 is 28.9 Å². The molecule has 0 N–H and O–H groups in total. The zero-order chi connectivity index (χ0) is 16.0. The minimum absolute atomic E-state index is 0.427. The Labute approximate surface area is 146 Å². The lowest BCUT2D eigenvalue weighted by Gasteiger charge is -2.36. The van der Waals surface area contributed by atoms with Crippen molar-refractivity contribution < 1.29 is 4.84 Å². The maximum atomic E-state index is 6.25. The molecule has 1 aromatic carbocycles. The molecular weight excluding hydrogens is 331 g/mol. The molecule has 3 aliphatic rings. The zero-order valence-electron chi connectivity index (χ0n) is 12.9. The molecule has 4 rings (SSSR count). The summed E-state index contributed by atoms with van der Waals surface area (Å²) in [5.74, 6) is 0.878. The highest BCUT2D eigenvalue weighted by molar-refractivity contribution is 6.42. The Bertz CT molecular complexity index is 660. The largest absolute Gasteiger partial charge is 0.392 e. The lowest BCUT2D eigenvalue weighted by molar-refractivity contribution is 0.153. The molecule has 122 valence electrons. The number of oxime groups is 1. The van der Waals surface area contributed by atoms with E-state index in [0.717, 1.165) is 6.54 Å². The van der Waals surface area contributed by atoms with E-state index in [0.29, 0.717) is 40.6 Å². The number of halogens is 2. The summed E-state index contributed by atoms with van der Waals surface area (Å²) in [5.41, 5.74) is 2.45. The molecule has 0 amide bonds. The van der Waals surface area contributed by atoms with E-state index in [-0.39, 0.29) is 0 Å². The highest BCUT2D eigenvalue weighted by atomic mass is 35.5. The second-order valence-corrected chi connectivity index (χ2v) is 7.49. The highest BCUT2D eigenvalue weighted by Crippen LogP contribution is 2.51. The number of rotatable bonds is 4. The van der Waals surface area contributed by atoms with Crippen LogP contribution in [0.5, 0.6) is 0 Å². The predicted octanol–water partition coefficient (Wildman–Crippen LogP) is 4.50. The minimum Gasteiger partial charge on any atom is -0.392 e. The summed E-state index contributed by atoms with van der Waals surface area (Å²) in [6.45, 7) is 5.08. The van der Waals surface area contributed by atoms with Gasteiger partial charge in [0.05, 0.1) is 15.8 Å². The van der Waals surface area contributed by atoms with Gasteiger partial charge in [-0.3, -0.25) is 4.90 Å². The minimum atomic E-state index is 0.427. The maximum Gasteiger partial charge on any atom is 0.135 e. The Morgan fingerprint density at radius 2 is 2.17 bits per heavy atom. The molecule has 0 radical (unpaired) electrons. The van der Waals surface area contributed by atoms with Crippen LogP contribution in [-0.4, -0.2) is 35.8 Å². The topological polar surface area (TPSA) is 24.8 Å². The predicted molar refractivity (Wildman–Crippen MR) is 94.4 cm³/mol. The first-order valence-electron chi connectivity index (χ1n) is 8.19. The van der Waals surface area contributed by atoms with Gasteiger partial charge in [-0.2, -0.15) is 0 Å². The molecule has 3 fully saturated rings. The first-order chi connectivity index (χ1) is 11.2. The van der Waals surface area contributed by atoms with Crippen molar-refractivity contribution in [2.24, 2.45) is 11.1 Å². The Morgan fingerprint density at radius 3 is 2.96 bits per heavy atom. The summed E-state index contributed by atoms with van der Waals surface area (Å²) in [4.78, 5) is 8.03. The van der Waals surface area contributed by atoms with Crippen molar-refractivity contribution in [1.82, 2.24) is 4.90 Å². The van der Waals surface area contributed by atoms with Gasteiger partial charge >= 0.3 is 0 Å². The Morgan fingerprint density at radius 1 is 1.30 bits per heavy atom. The van der Waals surface area contributed by atoms with E-state index in [1.165, 1.54) is 30.5 Å². The zero-order valence-corrected chi connectivity index (χ0v) is 14.4. The highest BCUT2D eigenvalue weighted by Gasteiger charge is 2.54. The molecule has 5 heteroatoms. The van der Waals surface area contributed by atoms with Crippen LogP contribution in [-0.2, 0) is 4.84 Å². The summed E-state index contributed by atoms with van der Waals surface area (Å²) in [6, 6.07) is 7.31. The third-order valence-electron chi connectivity index (χ3n) is 5.54. The number of hydrogen-bond acceptors (Lipinski definition) is 3. The van der Waals surface area contributed by atoms with Crippen LogP contribution in [0.3, 0.4) is 0 Å². The summed E-state index contributed by atoms with van der Waals surface area (Å²) in [6.07, 6.45) is 5.45. The van der Waals surface area contributed by atoms with E-state index >= 15 is 0 Å². The van der Waals surface area contributed by atoms with Gasteiger partial charge in [-0.05, 0) is 42.9 Å². The lowest BCUT2D eigenvalue weighted by atomic mass is 9.77. The molecule has 3 heterocycles. The molecule has 3 nitrogen and oxygen atoms in total. The van der Waals surface area contributed by atoms with E-state index in [1.54, 1.807) is 6.08 Å². The summed E-state index contributed by atoms with van der Waals surface area (Å²) >= 11 is 12.3. The van der Waals surface area contributed by atoms with Crippen molar-refractivity contribution in [3.8, 4) is 0 Å². The van der Waals surface area contributed by atoms with Crippen LogP contribution in [0.2, 0.25) is 10.0 Å². The monoisotopic (exact) mass is 350 g/mol. The van der Waals surface area contributed by atoms with E-state index in [9.17, 15) is 0 Å². The van der Waals surface area contributed by atoms with Crippen molar-refractivity contribution in [2.75, 3.05) is 13.2 Å². The molecule has 3 saturated heterocycles. The Kier molecular flexibility index (Phi) is 4.12. The molecule has 1 aromatic rings. The van der Waals surface area contributed by atoms with Gasteiger partial charge in [0.1, 0.15) is 6.61 Å². The SMILES string of the molecule is C=CCON=C1CN2[C@H]3CC[C@@H]2[C@@H]1[C@@H](c1ccc(Cl)c(Cl)c1)C3. The van der Waals surface area contributed by atoms with Gasteiger partial charge in [-0.1, -0.05) is 47.1 Å². The van der Waals surface area contributed by atoms with Crippen LogP contribution in [0.15, 0.2) is 36.0 Å². The second kappa shape index (κ2) is 6.12. The number of benzene rings is 1. The van der Waals surface area contributed by atoms with Crippen LogP contribution in [0.4, 0.5) is 0 Å². The maximum absolute atomic E-state index is 6.25. The fourth-order valence-electron chi connectivity index (χ4n) is 4.65. The molecule has 0 saturated carbocycles. The van der Waals surface area contributed by atoms with E-state index < -0.39 is 0 Å². The average Bonchev–Trinajstić information content (AvgIpc) is 2.95. The second-order valence-electron chi connectivity index (χ2n) is 6.68. The average molecular weight is 351 g/mol. The van der Waals surface area contributed by atoms with Crippen LogP contribution in [0.1, 0.15) is 30.7 Å². The van der Waals surface area contributed by atoms with Gasteiger partial charge in [0.2, 0.25) is 0 Å². The fourth-order valence-corrected chi connectivity index (χ4v) is 4.96. The van der Waals surface area contributed by atoms with Crippen LogP contribution in [0.25, 0.3) is 0 Å². The van der Waals surface area contributed by atoms with E-state index in [1.807, 2.05) is 12.1 Å². The smallest absolute Gasteiger partial charge is 0.135 e. The summed E-state index contributed by atoms with van der Waals surface area (Å²) in [7, 11) is 0. The molecule has 3 aliphatic heterocycles. The van der Waals surface area contributed by atoms with Gasteiger partial charge in [0.25, 0.3) is 0 Å². The lowest BCUT2D eigenvalue weighted by Crippen LogP contribution is -2.40. The van der Waals surface area contributed by atoms with Gasteiger partial charge < -0.3 is 4.84 Å². The quantitative estimate of drug-likeness (QED) is 0.453. The van der Waals surface area contributed by atoms with Crippen LogP contribution in [0, 0.1) is 5.92 Å². The van der Waals surface area contributed by atoms with Gasteiger partial charge in [0, 0.05) is 24.5 Å². The van der Waals surface area contributed by atoms with Gasteiger partial charge in [-0.15, -0.1) is 0 Å². The third kappa shape index (κ3) is 2.59. The molecule has 0 aliphatic carbocycles. The first-order valence-corrected chi connectivity index (χ1v) is 8.95. The van der Waals surface area contributed by atoms with E-state index in [2.05, 4.69) is 22.7 Å². The standard InChI is InChI=1S/C18H20Cl2N2O/c1-2-7-23-21-16-10-22-12-4-6-17(22)18(16)13(9-12)11-3-5-14(19)15(20)8-11/h2-3,5,8,12-13,17-18H,1,4,6-7,9-10H2/t12-,13+,17+,18+/m0/s1. The Hall–Kier alpha value is -1.03. The van der Waals surface area contributed by atoms with Crippen molar-refractivity contribution in [2.45, 2.75) is 37.3 Å². The van der Waals surface area contributed by atoms with Gasteiger partial charge in [0.15, 0.2) is 0 Å². The molecule has 23 heavy (non-hydrogen) atoms. The fraction of sp³-hybridized carbons (Fsp3) is 0.500. The first kappa shape index (κ1) is 15.5. The van der Waals surface area contributed by atoms with Crippen molar-refractivity contribution in [1.29, 1.82) is 0 Å². The van der Waals surface area contributed by atoms with Crippen molar-refractivity contribution in [3.05, 3.63) is 46.5 Å². The molecule has 1 unspecified atom stereocenters. The molecule has 4 bridgehead atoms.